The number of benzene rings is 1. The molecule has 2 aromatic rings. The quantitative estimate of drug-likeness (QED) is 0.891. The van der Waals surface area contributed by atoms with E-state index in [0.717, 1.165) is 22.9 Å². The van der Waals surface area contributed by atoms with Gasteiger partial charge >= 0.3 is 0 Å². The first-order valence-electron chi connectivity index (χ1n) is 6.72. The summed E-state index contributed by atoms with van der Waals surface area (Å²) in [4.78, 5) is 12.0. The molecule has 5 heteroatoms. The maximum Gasteiger partial charge on any atom is 0.240 e. The lowest BCUT2D eigenvalue weighted by molar-refractivity contribution is -0.122. The Bertz CT molecular complexity index is 622. The normalized spacial score (nSPS) is 12.6. The second kappa shape index (κ2) is 6.29. The Labute approximate surface area is 123 Å². The van der Waals surface area contributed by atoms with E-state index in [1.165, 1.54) is 0 Å². The Balaban J connectivity index is 2.29. The molecule has 0 radical (unpaired) electrons. The van der Waals surface area contributed by atoms with Crippen molar-refractivity contribution in [1.29, 1.82) is 0 Å². The van der Waals surface area contributed by atoms with Crippen LogP contribution >= 0.6 is 11.6 Å². The number of halogens is 1. The van der Waals surface area contributed by atoms with Gasteiger partial charge in [-0.2, -0.15) is 0 Å². The van der Waals surface area contributed by atoms with Gasteiger partial charge in [0, 0.05) is 28.2 Å². The van der Waals surface area contributed by atoms with Crippen molar-refractivity contribution in [3.05, 3.63) is 35.0 Å². The van der Waals surface area contributed by atoms with Gasteiger partial charge in [0.1, 0.15) is 6.54 Å². The van der Waals surface area contributed by atoms with Crippen molar-refractivity contribution in [2.45, 2.75) is 39.5 Å². The molecular weight excluding hydrogens is 276 g/mol. The van der Waals surface area contributed by atoms with Crippen molar-refractivity contribution in [3.8, 4) is 0 Å². The van der Waals surface area contributed by atoms with E-state index in [2.05, 4.69) is 5.32 Å². The van der Waals surface area contributed by atoms with Crippen LogP contribution in [-0.4, -0.2) is 21.6 Å². The minimum absolute atomic E-state index is 0.0410. The molecule has 0 aliphatic heterocycles. The third kappa shape index (κ3) is 3.14. The van der Waals surface area contributed by atoms with E-state index in [0.29, 0.717) is 5.02 Å². The monoisotopic (exact) mass is 294 g/mol. The van der Waals surface area contributed by atoms with Crippen LogP contribution in [0, 0.1) is 0 Å². The van der Waals surface area contributed by atoms with E-state index >= 15 is 0 Å². The molecule has 1 amide bonds. The molecule has 1 aromatic carbocycles. The number of rotatable bonds is 5. The summed E-state index contributed by atoms with van der Waals surface area (Å²) in [7, 11) is 0. The van der Waals surface area contributed by atoms with Crippen LogP contribution in [0.5, 0.6) is 0 Å². The number of hydrogen-bond donors (Lipinski definition) is 2. The second-order valence-electron chi connectivity index (χ2n) is 4.98. The smallest absolute Gasteiger partial charge is 0.240 e. The topological polar surface area (TPSA) is 54.3 Å². The molecule has 2 N–H and O–H groups in total. The first kappa shape index (κ1) is 14.9. The first-order valence-corrected chi connectivity index (χ1v) is 7.10. The molecule has 0 fully saturated rings. The standard InChI is InChI=1S/C15H19ClN2O2/c1-3-10(2)17-15(20)8-18-7-11(9-19)13-5-4-12(16)6-14(13)18/h4-7,10,19H,3,8-9H2,1-2H3,(H,17,20). The van der Waals surface area contributed by atoms with Gasteiger partial charge in [0.15, 0.2) is 0 Å². The number of carbonyl (C=O) groups is 1. The van der Waals surface area contributed by atoms with Crippen LogP contribution < -0.4 is 5.32 Å². The number of nitrogens with zero attached hydrogens (tertiary/aromatic N) is 1. The van der Waals surface area contributed by atoms with Crippen LogP contribution in [-0.2, 0) is 17.9 Å². The Morgan fingerprint density at radius 2 is 2.25 bits per heavy atom. The SMILES string of the molecule is CCC(C)NC(=O)Cn1cc(CO)c2ccc(Cl)cc21. The van der Waals surface area contributed by atoms with Crippen LogP contribution in [0.1, 0.15) is 25.8 Å². The lowest BCUT2D eigenvalue weighted by Gasteiger charge is -2.12. The van der Waals surface area contributed by atoms with Crippen molar-refractivity contribution in [2.75, 3.05) is 0 Å². The number of nitrogens with one attached hydrogen (secondary N) is 1. The van der Waals surface area contributed by atoms with Gasteiger partial charge in [-0.1, -0.05) is 24.6 Å². The van der Waals surface area contributed by atoms with Crippen molar-refractivity contribution in [2.24, 2.45) is 0 Å². The van der Waals surface area contributed by atoms with Crippen LogP contribution in [0.25, 0.3) is 10.9 Å². The van der Waals surface area contributed by atoms with Crippen molar-refractivity contribution in [1.82, 2.24) is 9.88 Å². The Morgan fingerprint density at radius 3 is 2.90 bits per heavy atom. The first-order chi connectivity index (χ1) is 9.55. The predicted octanol–water partition coefficient (Wildman–Crippen LogP) is 2.70. The largest absolute Gasteiger partial charge is 0.392 e. The van der Waals surface area contributed by atoms with Crippen molar-refractivity contribution < 1.29 is 9.90 Å². The third-order valence-electron chi connectivity index (χ3n) is 3.43. The highest BCUT2D eigenvalue weighted by Crippen LogP contribution is 2.24. The Hall–Kier alpha value is -1.52. The highest BCUT2D eigenvalue weighted by Gasteiger charge is 2.12. The van der Waals surface area contributed by atoms with E-state index in [1.807, 2.05) is 30.5 Å². The van der Waals surface area contributed by atoms with Crippen molar-refractivity contribution >= 4 is 28.4 Å². The molecule has 2 rings (SSSR count). The number of fused-ring (bicyclic) bond motifs is 1. The van der Waals surface area contributed by atoms with Crippen LogP contribution in [0.3, 0.4) is 0 Å². The van der Waals surface area contributed by atoms with Gasteiger partial charge in [0.2, 0.25) is 5.91 Å². The maximum absolute atomic E-state index is 12.0. The molecule has 20 heavy (non-hydrogen) atoms. The molecule has 4 nitrogen and oxygen atoms in total. The zero-order valence-electron chi connectivity index (χ0n) is 11.7. The Kier molecular flexibility index (Phi) is 4.68. The molecular formula is C15H19ClN2O2. The summed E-state index contributed by atoms with van der Waals surface area (Å²) in [5.41, 5.74) is 1.66. The predicted molar refractivity (Wildman–Crippen MR) is 80.8 cm³/mol. The number of hydrogen-bond acceptors (Lipinski definition) is 2. The van der Waals surface area contributed by atoms with E-state index in [9.17, 15) is 9.90 Å². The van der Waals surface area contributed by atoms with Crippen LogP contribution in [0.15, 0.2) is 24.4 Å². The zero-order valence-corrected chi connectivity index (χ0v) is 12.4. The third-order valence-corrected chi connectivity index (χ3v) is 3.67. The summed E-state index contributed by atoms with van der Waals surface area (Å²) in [6.07, 6.45) is 2.70. The van der Waals surface area contributed by atoms with Gasteiger partial charge in [0.25, 0.3) is 0 Å². The number of amides is 1. The number of aliphatic hydroxyl groups is 1. The molecule has 0 bridgehead atoms. The fourth-order valence-electron chi connectivity index (χ4n) is 2.18. The molecule has 0 saturated heterocycles. The van der Waals surface area contributed by atoms with Crippen LogP contribution in [0.4, 0.5) is 0 Å². The molecule has 1 unspecified atom stereocenters. The summed E-state index contributed by atoms with van der Waals surface area (Å²) >= 11 is 6.01. The molecule has 0 saturated carbocycles. The second-order valence-corrected chi connectivity index (χ2v) is 5.42. The van der Waals surface area contributed by atoms with Gasteiger partial charge in [-0.3, -0.25) is 4.79 Å². The maximum atomic E-state index is 12.0. The summed E-state index contributed by atoms with van der Waals surface area (Å²) in [5.74, 6) is -0.0410. The lowest BCUT2D eigenvalue weighted by Crippen LogP contribution is -2.34. The van der Waals surface area contributed by atoms with E-state index in [1.54, 1.807) is 12.3 Å². The lowest BCUT2D eigenvalue weighted by atomic mass is 10.2. The Morgan fingerprint density at radius 1 is 1.50 bits per heavy atom. The summed E-state index contributed by atoms with van der Waals surface area (Å²) < 4.78 is 1.82. The van der Waals surface area contributed by atoms with E-state index in [-0.39, 0.29) is 25.1 Å². The summed E-state index contributed by atoms with van der Waals surface area (Å²) in [6, 6.07) is 5.62. The minimum Gasteiger partial charge on any atom is -0.392 e. The highest BCUT2D eigenvalue weighted by molar-refractivity contribution is 6.31. The molecule has 1 aromatic heterocycles. The zero-order chi connectivity index (χ0) is 14.7. The number of aliphatic hydroxyl groups excluding tert-OH is 1. The fraction of sp³-hybridized carbons (Fsp3) is 0.400. The molecule has 0 aliphatic rings. The summed E-state index contributed by atoms with van der Waals surface area (Å²) in [6.45, 7) is 4.17. The van der Waals surface area contributed by atoms with E-state index < -0.39 is 0 Å². The average molecular weight is 295 g/mol. The molecule has 108 valence electrons. The van der Waals surface area contributed by atoms with Gasteiger partial charge < -0.3 is 15.0 Å². The van der Waals surface area contributed by atoms with Gasteiger partial charge in [-0.05, 0) is 25.5 Å². The minimum atomic E-state index is -0.0574. The number of aromatic nitrogens is 1. The molecule has 1 atom stereocenters. The van der Waals surface area contributed by atoms with E-state index in [4.69, 9.17) is 11.6 Å². The van der Waals surface area contributed by atoms with Gasteiger partial charge in [0.05, 0.1) is 12.1 Å². The highest BCUT2D eigenvalue weighted by atomic mass is 35.5. The van der Waals surface area contributed by atoms with Gasteiger partial charge in [-0.15, -0.1) is 0 Å². The molecule has 0 spiro atoms. The van der Waals surface area contributed by atoms with Crippen LogP contribution in [0.2, 0.25) is 5.02 Å². The van der Waals surface area contributed by atoms with Crippen molar-refractivity contribution in [3.63, 3.8) is 0 Å². The average Bonchev–Trinajstić information content (AvgIpc) is 2.75. The number of carbonyl (C=O) groups excluding carboxylic acids is 1. The fourth-order valence-corrected chi connectivity index (χ4v) is 2.34. The molecule has 1 heterocycles. The molecule has 0 aliphatic carbocycles. The summed E-state index contributed by atoms with van der Waals surface area (Å²) in [5, 5.41) is 13.9. The van der Waals surface area contributed by atoms with Gasteiger partial charge in [-0.25, -0.2) is 0 Å².